The Labute approximate surface area is 203 Å². The number of imidazole rings is 1. The number of benzene rings is 1. The lowest BCUT2D eigenvalue weighted by Gasteiger charge is -2.40. The largest absolute Gasteiger partial charge is 0.476 e. The minimum Gasteiger partial charge on any atom is -0.476 e. The van der Waals surface area contributed by atoms with Gasteiger partial charge in [-0.05, 0) is 37.7 Å². The normalized spacial score (nSPS) is 17.6. The Balaban J connectivity index is 1.65. The number of amides is 1. The van der Waals surface area contributed by atoms with Gasteiger partial charge in [-0.1, -0.05) is 30.3 Å². The van der Waals surface area contributed by atoms with Crippen molar-refractivity contribution in [3.63, 3.8) is 0 Å². The molecule has 35 heavy (non-hydrogen) atoms. The Morgan fingerprint density at radius 2 is 1.89 bits per heavy atom. The van der Waals surface area contributed by atoms with E-state index in [1.807, 2.05) is 41.8 Å². The van der Waals surface area contributed by atoms with Crippen LogP contribution >= 0.6 is 0 Å². The zero-order valence-corrected chi connectivity index (χ0v) is 19.7. The van der Waals surface area contributed by atoms with Crippen molar-refractivity contribution in [2.24, 2.45) is 5.92 Å². The Morgan fingerprint density at radius 1 is 1.11 bits per heavy atom. The molecule has 2 aliphatic rings. The van der Waals surface area contributed by atoms with Gasteiger partial charge in [0.05, 0.1) is 6.61 Å². The molecule has 0 saturated heterocycles. The molecule has 1 amide bonds. The average molecular weight is 479 g/mol. The molecular formula is C25H30N6O4. The zero-order chi connectivity index (χ0) is 24.4. The second-order valence-electron chi connectivity index (χ2n) is 8.85. The van der Waals surface area contributed by atoms with Gasteiger partial charge in [0.2, 0.25) is 12.2 Å². The Morgan fingerprint density at radius 3 is 2.60 bits per heavy atom. The highest BCUT2D eigenvalue weighted by molar-refractivity contribution is 6.00. The molecule has 10 heteroatoms. The average Bonchev–Trinajstić information content (AvgIpc) is 3.64. The van der Waals surface area contributed by atoms with Gasteiger partial charge in [0.25, 0.3) is 5.91 Å². The maximum Gasteiger partial charge on any atom is 0.277 e. The lowest BCUT2D eigenvalue weighted by Crippen LogP contribution is -2.56. The van der Waals surface area contributed by atoms with Crippen molar-refractivity contribution in [1.29, 1.82) is 0 Å². The van der Waals surface area contributed by atoms with Gasteiger partial charge < -0.3 is 24.4 Å². The van der Waals surface area contributed by atoms with Crippen LogP contribution in [0.5, 0.6) is 5.88 Å². The SMILES string of the molecule is CCN1c2nc(-c3nccnc3OCC3CC3)n(Cc3ccccc3)c2C(=O)N(CCCO)C1O. The first-order valence-electron chi connectivity index (χ1n) is 12.1. The summed E-state index contributed by atoms with van der Waals surface area (Å²) in [7, 11) is 0. The van der Waals surface area contributed by atoms with E-state index in [0.717, 1.165) is 18.4 Å². The van der Waals surface area contributed by atoms with Crippen LogP contribution in [0.4, 0.5) is 5.82 Å². The van der Waals surface area contributed by atoms with Crippen LogP contribution < -0.4 is 9.64 Å². The molecule has 1 aliphatic carbocycles. The van der Waals surface area contributed by atoms with E-state index in [0.29, 0.717) is 60.9 Å². The van der Waals surface area contributed by atoms with Crippen LogP contribution in [0.1, 0.15) is 42.2 Å². The van der Waals surface area contributed by atoms with Crippen molar-refractivity contribution in [1.82, 2.24) is 24.4 Å². The van der Waals surface area contributed by atoms with E-state index in [-0.39, 0.29) is 19.1 Å². The highest BCUT2D eigenvalue weighted by Crippen LogP contribution is 2.37. The molecular weight excluding hydrogens is 448 g/mol. The lowest BCUT2D eigenvalue weighted by molar-refractivity contribution is -0.00103. The number of hydrogen-bond acceptors (Lipinski definition) is 8. The molecule has 0 spiro atoms. The van der Waals surface area contributed by atoms with E-state index in [9.17, 15) is 15.0 Å². The maximum atomic E-state index is 13.7. The van der Waals surface area contributed by atoms with Crippen LogP contribution in [0, 0.1) is 5.92 Å². The van der Waals surface area contributed by atoms with Gasteiger partial charge in [0.1, 0.15) is 0 Å². The number of rotatable bonds is 10. The fourth-order valence-corrected chi connectivity index (χ4v) is 4.31. The fourth-order valence-electron chi connectivity index (χ4n) is 4.31. The van der Waals surface area contributed by atoms with Crippen molar-refractivity contribution in [3.8, 4) is 17.4 Å². The number of ether oxygens (including phenoxy) is 1. The Bertz CT molecular complexity index is 1180. The molecule has 0 bridgehead atoms. The van der Waals surface area contributed by atoms with Crippen LogP contribution in [0.15, 0.2) is 42.7 Å². The summed E-state index contributed by atoms with van der Waals surface area (Å²) in [5, 5.41) is 20.3. The third-order valence-electron chi connectivity index (χ3n) is 6.35. The summed E-state index contributed by atoms with van der Waals surface area (Å²) in [5.41, 5.74) is 1.81. The van der Waals surface area contributed by atoms with Crippen molar-refractivity contribution in [2.75, 3.05) is 31.2 Å². The first kappa shape index (κ1) is 23.3. The van der Waals surface area contributed by atoms with Gasteiger partial charge in [-0.25, -0.2) is 15.0 Å². The molecule has 2 aromatic heterocycles. The predicted molar refractivity (Wildman–Crippen MR) is 129 cm³/mol. The molecule has 184 valence electrons. The topological polar surface area (TPSA) is 117 Å². The summed E-state index contributed by atoms with van der Waals surface area (Å²) in [6.07, 6.45) is 4.65. The second-order valence-corrected chi connectivity index (χ2v) is 8.85. The molecule has 1 aliphatic heterocycles. The van der Waals surface area contributed by atoms with Crippen molar-refractivity contribution >= 4 is 11.7 Å². The van der Waals surface area contributed by atoms with Gasteiger partial charge in [-0.15, -0.1) is 0 Å². The van der Waals surface area contributed by atoms with Gasteiger partial charge in [0.15, 0.2) is 23.0 Å². The number of nitrogens with zero attached hydrogens (tertiary/aromatic N) is 6. The van der Waals surface area contributed by atoms with E-state index in [2.05, 4.69) is 9.97 Å². The molecule has 1 atom stereocenters. The summed E-state index contributed by atoms with van der Waals surface area (Å²) in [5.74, 6) is 1.43. The fraction of sp³-hybridized carbons (Fsp3) is 0.440. The molecule has 5 rings (SSSR count). The highest BCUT2D eigenvalue weighted by atomic mass is 16.5. The molecule has 1 aromatic carbocycles. The Kier molecular flexibility index (Phi) is 6.65. The first-order valence-corrected chi connectivity index (χ1v) is 12.1. The number of aliphatic hydroxyl groups is 2. The number of anilines is 1. The van der Waals surface area contributed by atoms with Gasteiger partial charge in [-0.3, -0.25) is 9.69 Å². The monoisotopic (exact) mass is 478 g/mol. The molecule has 2 N–H and O–H groups in total. The van der Waals surface area contributed by atoms with Crippen molar-refractivity contribution in [2.45, 2.75) is 39.1 Å². The molecule has 1 saturated carbocycles. The van der Waals surface area contributed by atoms with Gasteiger partial charge in [-0.2, -0.15) is 0 Å². The number of aliphatic hydroxyl groups excluding tert-OH is 2. The number of carbonyl (C=O) groups is 1. The van der Waals surface area contributed by atoms with Crippen LogP contribution in [0.25, 0.3) is 11.5 Å². The molecule has 1 unspecified atom stereocenters. The molecule has 3 heterocycles. The summed E-state index contributed by atoms with van der Waals surface area (Å²) >= 11 is 0. The minimum absolute atomic E-state index is 0.0781. The standard InChI is InChI=1S/C25H30N6O4/c1-2-29-22-20(24(33)30(25(29)34)13-6-14-32)31(15-17-7-4-3-5-8-17)21(28-22)19-23(27-12-11-26-19)35-16-18-9-10-18/h3-5,7-8,11-12,18,25,32,34H,2,6,9-10,13-16H2,1H3. The lowest BCUT2D eigenvalue weighted by atomic mass is 10.2. The molecule has 3 aromatic rings. The van der Waals surface area contributed by atoms with Crippen molar-refractivity contribution < 1.29 is 19.7 Å². The molecule has 0 radical (unpaired) electrons. The Hall–Kier alpha value is -3.50. The molecule has 1 fully saturated rings. The second kappa shape index (κ2) is 10.0. The van der Waals surface area contributed by atoms with Crippen LogP contribution in [0.2, 0.25) is 0 Å². The van der Waals surface area contributed by atoms with Crippen LogP contribution in [-0.2, 0) is 6.54 Å². The minimum atomic E-state index is -1.17. The number of fused-ring (bicyclic) bond motifs is 1. The van der Waals surface area contributed by atoms with E-state index >= 15 is 0 Å². The summed E-state index contributed by atoms with van der Waals surface area (Å²) in [4.78, 5) is 30.5. The highest BCUT2D eigenvalue weighted by Gasteiger charge is 2.41. The molecule has 10 nitrogen and oxygen atoms in total. The van der Waals surface area contributed by atoms with E-state index in [1.165, 1.54) is 4.90 Å². The summed E-state index contributed by atoms with van der Waals surface area (Å²) in [6.45, 7) is 3.42. The predicted octanol–water partition coefficient (Wildman–Crippen LogP) is 2.12. The summed E-state index contributed by atoms with van der Waals surface area (Å²) in [6, 6.07) is 9.81. The quantitative estimate of drug-likeness (QED) is 0.455. The maximum absolute atomic E-state index is 13.7. The van der Waals surface area contributed by atoms with Crippen LogP contribution in [0.3, 0.4) is 0 Å². The summed E-state index contributed by atoms with van der Waals surface area (Å²) < 4.78 is 7.85. The number of carbonyl (C=O) groups excluding carboxylic acids is 1. The van der Waals surface area contributed by atoms with E-state index in [1.54, 1.807) is 17.3 Å². The third kappa shape index (κ3) is 4.59. The first-order chi connectivity index (χ1) is 17.1. The van der Waals surface area contributed by atoms with E-state index in [4.69, 9.17) is 9.72 Å². The smallest absolute Gasteiger partial charge is 0.277 e. The number of hydrogen-bond donors (Lipinski definition) is 2. The third-order valence-corrected chi connectivity index (χ3v) is 6.35. The van der Waals surface area contributed by atoms with Crippen molar-refractivity contribution in [3.05, 3.63) is 54.0 Å². The number of aromatic nitrogens is 4. The van der Waals surface area contributed by atoms with Gasteiger partial charge >= 0.3 is 0 Å². The van der Waals surface area contributed by atoms with E-state index < -0.39 is 6.35 Å². The van der Waals surface area contributed by atoms with Gasteiger partial charge in [0, 0.05) is 38.6 Å². The van der Waals surface area contributed by atoms with Crippen LogP contribution in [-0.4, -0.2) is 73.2 Å². The zero-order valence-electron chi connectivity index (χ0n) is 19.7.